The van der Waals surface area contributed by atoms with Crippen LogP contribution in [0.5, 0.6) is 0 Å². The summed E-state index contributed by atoms with van der Waals surface area (Å²) >= 11 is 1.35. The molecule has 0 aliphatic heterocycles. The van der Waals surface area contributed by atoms with Crippen LogP contribution in [0.15, 0.2) is 35.2 Å². The summed E-state index contributed by atoms with van der Waals surface area (Å²) in [6.07, 6.45) is -3.82. The molecule has 2 rings (SSSR count). The van der Waals surface area contributed by atoms with Crippen molar-refractivity contribution in [1.29, 1.82) is 0 Å². The molecular weight excluding hydrogens is 313 g/mol. The van der Waals surface area contributed by atoms with E-state index in [1.807, 2.05) is 6.92 Å². The number of carbonyl (C=O) groups excluding carboxylic acids is 1. The zero-order chi connectivity index (χ0) is 16.2. The van der Waals surface area contributed by atoms with E-state index >= 15 is 0 Å². The van der Waals surface area contributed by atoms with Gasteiger partial charge in [0.1, 0.15) is 5.69 Å². The van der Waals surface area contributed by atoms with Crippen molar-refractivity contribution in [3.8, 4) is 0 Å². The molecule has 1 heterocycles. The van der Waals surface area contributed by atoms with Gasteiger partial charge in [0.25, 0.3) is 5.91 Å². The predicted molar refractivity (Wildman–Crippen MR) is 78.8 cm³/mol. The standard InChI is InChI=1S/C15H15F3N2OS/c1-2-20(14(21)13-9-22-10-19-13)8-7-11-3-5-12(6-4-11)15(16,17)18/h3-6,9-10H,2,7-8H2,1H3. The minimum absolute atomic E-state index is 0.157. The number of alkyl halides is 3. The number of aromatic nitrogens is 1. The van der Waals surface area contributed by atoms with Crippen LogP contribution in [0.1, 0.15) is 28.5 Å². The first kappa shape index (κ1) is 16.5. The molecule has 1 aromatic carbocycles. The number of halogens is 3. The SMILES string of the molecule is CCN(CCc1ccc(C(F)(F)F)cc1)C(=O)c1cscn1. The van der Waals surface area contributed by atoms with Crippen LogP contribution >= 0.6 is 11.3 Å². The summed E-state index contributed by atoms with van der Waals surface area (Å²) in [5.41, 5.74) is 2.09. The molecule has 0 saturated carbocycles. The fourth-order valence-electron chi connectivity index (χ4n) is 2.01. The number of nitrogens with zero attached hydrogens (tertiary/aromatic N) is 2. The highest BCUT2D eigenvalue weighted by Gasteiger charge is 2.29. The Bertz CT molecular complexity index is 609. The zero-order valence-corrected chi connectivity index (χ0v) is 12.7. The Morgan fingerprint density at radius 3 is 2.45 bits per heavy atom. The van der Waals surface area contributed by atoms with Crippen molar-refractivity contribution in [3.05, 3.63) is 52.0 Å². The third kappa shape index (κ3) is 4.07. The van der Waals surface area contributed by atoms with Gasteiger partial charge in [0.15, 0.2) is 0 Å². The number of hydrogen-bond acceptors (Lipinski definition) is 3. The highest BCUT2D eigenvalue weighted by Crippen LogP contribution is 2.29. The van der Waals surface area contributed by atoms with Gasteiger partial charge in [0.05, 0.1) is 11.1 Å². The number of likely N-dealkylation sites (N-methyl/N-ethyl adjacent to an activating group) is 1. The third-order valence-corrected chi connectivity index (χ3v) is 3.86. The van der Waals surface area contributed by atoms with Crippen molar-refractivity contribution in [2.75, 3.05) is 13.1 Å². The molecule has 118 valence electrons. The van der Waals surface area contributed by atoms with Gasteiger partial charge in [-0.3, -0.25) is 4.79 Å². The molecule has 0 saturated heterocycles. The largest absolute Gasteiger partial charge is 0.416 e. The summed E-state index contributed by atoms with van der Waals surface area (Å²) < 4.78 is 37.5. The molecule has 1 amide bonds. The average Bonchev–Trinajstić information content (AvgIpc) is 3.01. The van der Waals surface area contributed by atoms with E-state index in [-0.39, 0.29) is 5.91 Å². The predicted octanol–water partition coefficient (Wildman–Crippen LogP) is 3.87. The van der Waals surface area contributed by atoms with Gasteiger partial charge >= 0.3 is 6.18 Å². The van der Waals surface area contributed by atoms with Gasteiger partial charge in [-0.2, -0.15) is 13.2 Å². The number of rotatable bonds is 5. The van der Waals surface area contributed by atoms with E-state index in [1.54, 1.807) is 15.8 Å². The fraction of sp³-hybridized carbons (Fsp3) is 0.333. The lowest BCUT2D eigenvalue weighted by molar-refractivity contribution is -0.137. The first-order chi connectivity index (χ1) is 10.4. The smallest absolute Gasteiger partial charge is 0.337 e. The third-order valence-electron chi connectivity index (χ3n) is 3.27. The van der Waals surface area contributed by atoms with E-state index in [1.165, 1.54) is 23.5 Å². The number of hydrogen-bond donors (Lipinski definition) is 0. The van der Waals surface area contributed by atoms with Crippen LogP contribution in [-0.2, 0) is 12.6 Å². The van der Waals surface area contributed by atoms with Crippen LogP contribution in [0.2, 0.25) is 0 Å². The maximum Gasteiger partial charge on any atom is 0.416 e. The van der Waals surface area contributed by atoms with Gasteiger partial charge in [-0.05, 0) is 31.0 Å². The van der Waals surface area contributed by atoms with E-state index in [9.17, 15) is 18.0 Å². The number of amides is 1. The van der Waals surface area contributed by atoms with Crippen LogP contribution in [0.3, 0.4) is 0 Å². The van der Waals surface area contributed by atoms with E-state index in [0.29, 0.717) is 25.2 Å². The Hall–Kier alpha value is -1.89. The summed E-state index contributed by atoms with van der Waals surface area (Å²) in [5.74, 6) is -0.157. The Morgan fingerprint density at radius 1 is 1.27 bits per heavy atom. The molecule has 0 aliphatic rings. The lowest BCUT2D eigenvalue weighted by Crippen LogP contribution is -2.32. The van der Waals surface area contributed by atoms with Crippen LogP contribution < -0.4 is 0 Å². The van der Waals surface area contributed by atoms with E-state index < -0.39 is 11.7 Å². The molecule has 22 heavy (non-hydrogen) atoms. The fourth-order valence-corrected chi connectivity index (χ4v) is 2.53. The van der Waals surface area contributed by atoms with E-state index in [4.69, 9.17) is 0 Å². The minimum atomic E-state index is -4.32. The summed E-state index contributed by atoms with van der Waals surface area (Å²) in [6, 6.07) is 5.02. The van der Waals surface area contributed by atoms with Gasteiger partial charge in [0.2, 0.25) is 0 Å². The second-order valence-corrected chi connectivity index (χ2v) is 5.42. The Labute approximate surface area is 130 Å². The van der Waals surface area contributed by atoms with E-state index in [0.717, 1.165) is 17.7 Å². The second kappa shape index (κ2) is 6.91. The topological polar surface area (TPSA) is 33.2 Å². The minimum Gasteiger partial charge on any atom is -0.337 e. The molecular formula is C15H15F3N2OS. The van der Waals surface area contributed by atoms with Gasteiger partial charge in [-0.1, -0.05) is 12.1 Å². The van der Waals surface area contributed by atoms with Crippen LogP contribution in [0.4, 0.5) is 13.2 Å². The Kier molecular flexibility index (Phi) is 5.18. The summed E-state index contributed by atoms with van der Waals surface area (Å²) in [5, 5.41) is 1.68. The second-order valence-electron chi connectivity index (χ2n) is 4.70. The van der Waals surface area contributed by atoms with E-state index in [2.05, 4.69) is 4.98 Å². The Morgan fingerprint density at radius 2 is 1.95 bits per heavy atom. The molecule has 3 nitrogen and oxygen atoms in total. The molecule has 0 spiro atoms. The molecule has 7 heteroatoms. The molecule has 0 radical (unpaired) electrons. The van der Waals surface area contributed by atoms with Gasteiger partial charge in [-0.15, -0.1) is 11.3 Å². The Balaban J connectivity index is 1.97. The van der Waals surface area contributed by atoms with Crippen molar-refractivity contribution >= 4 is 17.2 Å². The molecule has 0 bridgehead atoms. The van der Waals surface area contributed by atoms with Crippen molar-refractivity contribution in [1.82, 2.24) is 9.88 Å². The van der Waals surface area contributed by atoms with Crippen molar-refractivity contribution < 1.29 is 18.0 Å². The molecule has 1 aromatic heterocycles. The maximum absolute atomic E-state index is 12.5. The quantitative estimate of drug-likeness (QED) is 0.835. The zero-order valence-electron chi connectivity index (χ0n) is 11.9. The summed E-state index contributed by atoms with van der Waals surface area (Å²) in [6.45, 7) is 2.83. The molecule has 0 aliphatic carbocycles. The van der Waals surface area contributed by atoms with Crippen LogP contribution in [-0.4, -0.2) is 28.9 Å². The number of benzene rings is 1. The molecule has 0 unspecified atom stereocenters. The monoisotopic (exact) mass is 328 g/mol. The van der Waals surface area contributed by atoms with Crippen molar-refractivity contribution in [2.45, 2.75) is 19.5 Å². The maximum atomic E-state index is 12.5. The van der Waals surface area contributed by atoms with Crippen molar-refractivity contribution in [2.24, 2.45) is 0 Å². The normalized spacial score (nSPS) is 11.5. The van der Waals surface area contributed by atoms with Crippen molar-refractivity contribution in [3.63, 3.8) is 0 Å². The highest BCUT2D eigenvalue weighted by atomic mass is 32.1. The number of thiazole rings is 1. The average molecular weight is 328 g/mol. The molecule has 0 N–H and O–H groups in total. The van der Waals surface area contributed by atoms with Crippen LogP contribution in [0, 0.1) is 0 Å². The first-order valence-electron chi connectivity index (χ1n) is 6.75. The lowest BCUT2D eigenvalue weighted by Gasteiger charge is -2.20. The molecule has 2 aromatic rings. The van der Waals surface area contributed by atoms with Crippen LogP contribution in [0.25, 0.3) is 0 Å². The molecule has 0 atom stereocenters. The van der Waals surface area contributed by atoms with Gasteiger partial charge in [-0.25, -0.2) is 4.98 Å². The summed E-state index contributed by atoms with van der Waals surface area (Å²) in [7, 11) is 0. The van der Waals surface area contributed by atoms with Gasteiger partial charge in [0, 0.05) is 18.5 Å². The molecule has 0 fully saturated rings. The summed E-state index contributed by atoms with van der Waals surface area (Å²) in [4.78, 5) is 17.8. The first-order valence-corrected chi connectivity index (χ1v) is 7.69. The van der Waals surface area contributed by atoms with Gasteiger partial charge < -0.3 is 4.90 Å². The lowest BCUT2D eigenvalue weighted by atomic mass is 10.1. The highest BCUT2D eigenvalue weighted by molar-refractivity contribution is 7.07. The number of carbonyl (C=O) groups is 1.